The molecule has 0 fully saturated rings. The summed E-state index contributed by atoms with van der Waals surface area (Å²) in [6, 6.07) is 9.83. The number of carbonyl (C=O) groups excluding carboxylic acids is 1. The summed E-state index contributed by atoms with van der Waals surface area (Å²) in [5.74, 6) is 5.88. The molecule has 0 saturated carbocycles. The van der Waals surface area contributed by atoms with Crippen molar-refractivity contribution in [3.63, 3.8) is 0 Å². The molecular formula is C20H14F3N5O. The number of nitrogen functional groups attached to an aromatic ring is 1. The van der Waals surface area contributed by atoms with E-state index in [2.05, 4.69) is 21.8 Å². The maximum Gasteiger partial charge on any atom is 0.416 e. The second-order valence-electron chi connectivity index (χ2n) is 5.85. The van der Waals surface area contributed by atoms with Gasteiger partial charge < -0.3 is 11.5 Å². The third-order valence-corrected chi connectivity index (χ3v) is 3.80. The largest absolute Gasteiger partial charge is 0.416 e. The first-order valence-corrected chi connectivity index (χ1v) is 8.20. The molecule has 0 unspecified atom stereocenters. The minimum absolute atomic E-state index is 0.131. The van der Waals surface area contributed by atoms with Crippen LogP contribution in [0.2, 0.25) is 0 Å². The Morgan fingerprint density at radius 3 is 2.14 bits per heavy atom. The number of halogens is 3. The number of hydrogen-bond donors (Lipinski definition) is 2. The monoisotopic (exact) mass is 397 g/mol. The van der Waals surface area contributed by atoms with Gasteiger partial charge in [0.2, 0.25) is 5.95 Å². The fraction of sp³-hybridized carbons (Fsp3) is 0.0500. The van der Waals surface area contributed by atoms with Crippen molar-refractivity contribution >= 4 is 23.4 Å². The zero-order valence-electron chi connectivity index (χ0n) is 14.8. The lowest BCUT2D eigenvalue weighted by molar-refractivity contribution is -0.137. The molecule has 1 aromatic heterocycles. The maximum atomic E-state index is 12.8. The van der Waals surface area contributed by atoms with Crippen molar-refractivity contribution in [2.75, 3.05) is 10.6 Å². The van der Waals surface area contributed by atoms with Gasteiger partial charge in [-0.1, -0.05) is 17.9 Å². The number of primary amides is 1. The van der Waals surface area contributed by atoms with E-state index in [1.54, 1.807) is 24.3 Å². The summed E-state index contributed by atoms with van der Waals surface area (Å²) >= 11 is 0. The molecule has 0 bridgehead atoms. The molecule has 1 heterocycles. The Morgan fingerprint density at radius 2 is 1.55 bits per heavy atom. The molecule has 0 aliphatic heterocycles. The third-order valence-electron chi connectivity index (χ3n) is 3.80. The molecule has 0 atom stereocenters. The minimum atomic E-state index is -4.47. The molecule has 4 N–H and O–H groups in total. The van der Waals surface area contributed by atoms with Crippen LogP contribution in [-0.2, 0) is 6.18 Å². The van der Waals surface area contributed by atoms with Gasteiger partial charge in [0.1, 0.15) is 0 Å². The zero-order valence-corrected chi connectivity index (χ0v) is 14.8. The molecule has 0 aliphatic carbocycles. The fourth-order valence-corrected chi connectivity index (χ4v) is 2.47. The van der Waals surface area contributed by atoms with Gasteiger partial charge in [0.05, 0.1) is 22.5 Å². The van der Waals surface area contributed by atoms with Gasteiger partial charge in [0, 0.05) is 18.0 Å². The zero-order chi connectivity index (χ0) is 21.0. The topological polar surface area (TPSA) is 98.1 Å². The molecule has 0 aliphatic rings. The van der Waals surface area contributed by atoms with Gasteiger partial charge in [-0.05, 0) is 42.5 Å². The lowest BCUT2D eigenvalue weighted by atomic mass is 10.1. The van der Waals surface area contributed by atoms with Crippen LogP contribution in [0.5, 0.6) is 0 Å². The summed E-state index contributed by atoms with van der Waals surface area (Å²) in [6.07, 6.45) is -1.54. The van der Waals surface area contributed by atoms with E-state index in [9.17, 15) is 18.0 Å². The summed E-state index contributed by atoms with van der Waals surface area (Å²) in [5, 5.41) is 0. The van der Waals surface area contributed by atoms with E-state index in [0.717, 1.165) is 17.0 Å². The number of anilines is 3. The lowest BCUT2D eigenvalue weighted by Gasteiger charge is -2.21. The molecular weight excluding hydrogens is 383 g/mol. The first-order valence-electron chi connectivity index (χ1n) is 8.20. The first-order chi connectivity index (χ1) is 13.7. The van der Waals surface area contributed by atoms with Crippen LogP contribution in [0.3, 0.4) is 0 Å². The van der Waals surface area contributed by atoms with Crippen LogP contribution in [0.25, 0.3) is 0 Å². The van der Waals surface area contributed by atoms with Gasteiger partial charge in [0.25, 0.3) is 0 Å². The summed E-state index contributed by atoms with van der Waals surface area (Å²) in [7, 11) is 0. The van der Waals surface area contributed by atoms with Crippen LogP contribution in [-0.4, -0.2) is 16.0 Å². The van der Waals surface area contributed by atoms with Crippen molar-refractivity contribution in [2.24, 2.45) is 5.73 Å². The van der Waals surface area contributed by atoms with Gasteiger partial charge in [-0.25, -0.2) is 14.8 Å². The Labute approximate surface area is 164 Å². The third kappa shape index (κ3) is 4.81. The van der Waals surface area contributed by atoms with Gasteiger partial charge in [0.15, 0.2) is 0 Å². The van der Waals surface area contributed by atoms with Crippen molar-refractivity contribution in [2.45, 2.75) is 6.18 Å². The number of benzene rings is 2. The van der Waals surface area contributed by atoms with E-state index in [-0.39, 0.29) is 11.6 Å². The number of nitrogens with two attached hydrogens (primary N) is 2. The van der Waals surface area contributed by atoms with E-state index >= 15 is 0 Å². The van der Waals surface area contributed by atoms with Crippen molar-refractivity contribution in [1.29, 1.82) is 0 Å². The fourth-order valence-electron chi connectivity index (χ4n) is 2.47. The summed E-state index contributed by atoms with van der Waals surface area (Å²) in [4.78, 5) is 20.7. The highest BCUT2D eigenvalue weighted by Gasteiger charge is 2.30. The predicted molar refractivity (Wildman–Crippen MR) is 102 cm³/mol. The van der Waals surface area contributed by atoms with Gasteiger partial charge in [-0.3, -0.25) is 4.90 Å². The Morgan fingerprint density at radius 1 is 0.931 bits per heavy atom. The molecule has 146 valence electrons. The van der Waals surface area contributed by atoms with Gasteiger partial charge >= 0.3 is 12.2 Å². The molecule has 0 radical (unpaired) electrons. The Bertz CT molecular complexity index is 1080. The number of rotatable bonds is 2. The molecule has 0 spiro atoms. The lowest BCUT2D eigenvalue weighted by Crippen LogP contribution is -2.31. The SMILES string of the molecule is NC(=O)N(c1ccc(C(F)(F)F)cc1)c1cccc(C#Cc2cnc(N)nc2)c1. The van der Waals surface area contributed by atoms with E-state index in [1.807, 2.05) is 0 Å². The molecule has 0 saturated heterocycles. The van der Waals surface area contributed by atoms with Gasteiger partial charge in [-0.15, -0.1) is 0 Å². The van der Waals surface area contributed by atoms with Crippen LogP contribution in [0.1, 0.15) is 16.7 Å². The van der Waals surface area contributed by atoms with Crippen LogP contribution in [0.15, 0.2) is 60.9 Å². The van der Waals surface area contributed by atoms with E-state index < -0.39 is 17.8 Å². The summed E-state index contributed by atoms with van der Waals surface area (Å²) in [6.45, 7) is 0. The molecule has 3 aromatic rings. The average molecular weight is 397 g/mol. The summed E-state index contributed by atoms with van der Waals surface area (Å²) in [5.41, 5.74) is 11.7. The Hall–Kier alpha value is -4.06. The highest BCUT2D eigenvalue weighted by molar-refractivity contribution is 5.98. The van der Waals surface area contributed by atoms with Crippen molar-refractivity contribution in [1.82, 2.24) is 9.97 Å². The number of aromatic nitrogens is 2. The van der Waals surface area contributed by atoms with Crippen LogP contribution < -0.4 is 16.4 Å². The number of hydrogen-bond acceptors (Lipinski definition) is 4. The number of carbonyl (C=O) groups is 1. The van der Waals surface area contributed by atoms with E-state index in [1.165, 1.54) is 24.5 Å². The number of amides is 2. The molecule has 6 nitrogen and oxygen atoms in total. The second-order valence-corrected chi connectivity index (χ2v) is 5.85. The number of alkyl halides is 3. The first kappa shape index (κ1) is 19.7. The van der Waals surface area contributed by atoms with Crippen molar-refractivity contribution in [3.8, 4) is 11.8 Å². The standard InChI is InChI=1S/C20H14F3N5O/c21-20(22,23)15-6-8-16(9-7-15)28(19(25)29)17-3-1-2-13(10-17)4-5-14-11-26-18(24)27-12-14/h1-3,6-12H,(H2,25,29)(H2,24,26,27). The van der Waals surface area contributed by atoms with Crippen LogP contribution >= 0.6 is 0 Å². The normalized spacial score (nSPS) is 10.7. The van der Waals surface area contributed by atoms with Crippen molar-refractivity contribution in [3.05, 3.63) is 77.6 Å². The molecule has 29 heavy (non-hydrogen) atoms. The second kappa shape index (κ2) is 7.90. The quantitative estimate of drug-likeness (QED) is 0.645. The maximum absolute atomic E-state index is 12.8. The van der Waals surface area contributed by atoms with Crippen LogP contribution in [0, 0.1) is 11.8 Å². The smallest absolute Gasteiger partial charge is 0.368 e. The van der Waals surface area contributed by atoms with Crippen molar-refractivity contribution < 1.29 is 18.0 Å². The molecule has 2 aromatic carbocycles. The highest BCUT2D eigenvalue weighted by atomic mass is 19.4. The molecule has 9 heteroatoms. The Balaban J connectivity index is 1.92. The van der Waals surface area contributed by atoms with E-state index in [0.29, 0.717) is 16.8 Å². The highest BCUT2D eigenvalue weighted by Crippen LogP contribution is 2.32. The predicted octanol–water partition coefficient (Wildman–Crippen LogP) is 3.69. The number of nitrogens with zero attached hydrogens (tertiary/aromatic N) is 3. The minimum Gasteiger partial charge on any atom is -0.368 e. The average Bonchev–Trinajstić information content (AvgIpc) is 2.67. The van der Waals surface area contributed by atoms with E-state index in [4.69, 9.17) is 11.5 Å². The Kier molecular flexibility index (Phi) is 5.36. The van der Waals surface area contributed by atoms with Gasteiger partial charge in [-0.2, -0.15) is 13.2 Å². The number of urea groups is 1. The molecule has 3 rings (SSSR count). The summed E-state index contributed by atoms with van der Waals surface area (Å²) < 4.78 is 38.3. The van der Waals surface area contributed by atoms with Crippen LogP contribution in [0.4, 0.5) is 35.3 Å². The molecule has 2 amide bonds.